The first-order valence-electron chi connectivity index (χ1n) is 7.29. The number of ether oxygens (including phenoxy) is 1. The smallest absolute Gasteiger partial charge is 0.237 e. The van der Waals surface area contributed by atoms with Crippen LogP contribution in [0.25, 0.3) is 0 Å². The van der Waals surface area contributed by atoms with Crippen LogP contribution in [0, 0.1) is 0 Å². The molecule has 5 nitrogen and oxygen atoms in total. The van der Waals surface area contributed by atoms with E-state index in [-0.39, 0.29) is 11.9 Å². The number of methoxy groups -OCH3 is 1. The van der Waals surface area contributed by atoms with Crippen molar-refractivity contribution in [2.24, 2.45) is 5.73 Å². The van der Waals surface area contributed by atoms with E-state index in [2.05, 4.69) is 5.32 Å². The van der Waals surface area contributed by atoms with Gasteiger partial charge in [0.1, 0.15) is 0 Å². The molecule has 0 bridgehead atoms. The van der Waals surface area contributed by atoms with Crippen LogP contribution in [0.2, 0.25) is 0 Å². The molecule has 0 heterocycles. The Morgan fingerprint density at radius 1 is 1.33 bits per heavy atom. The molecule has 0 fully saturated rings. The Hall–Kier alpha value is -1.43. The van der Waals surface area contributed by atoms with Crippen LogP contribution in [-0.4, -0.2) is 51.2 Å². The number of hydrogen-bond acceptors (Lipinski definition) is 4. The number of carbonyl (C=O) groups is 1. The fourth-order valence-electron chi connectivity index (χ4n) is 2.14. The molecule has 1 aromatic carbocycles. The molecule has 0 aromatic heterocycles. The summed E-state index contributed by atoms with van der Waals surface area (Å²) in [6.07, 6.45) is 1.41. The van der Waals surface area contributed by atoms with Crippen molar-refractivity contribution in [1.82, 2.24) is 10.2 Å². The van der Waals surface area contributed by atoms with Crippen molar-refractivity contribution in [3.63, 3.8) is 0 Å². The van der Waals surface area contributed by atoms with Gasteiger partial charge >= 0.3 is 0 Å². The molecule has 0 saturated heterocycles. The first-order valence-corrected chi connectivity index (χ1v) is 7.29. The maximum Gasteiger partial charge on any atom is 0.237 e. The quantitative estimate of drug-likeness (QED) is 0.671. The lowest BCUT2D eigenvalue weighted by molar-refractivity contribution is -0.123. The van der Waals surface area contributed by atoms with Crippen molar-refractivity contribution in [3.8, 4) is 0 Å². The summed E-state index contributed by atoms with van der Waals surface area (Å²) in [6.45, 7) is 1.36. The molecular formula is C16H27N3O2. The summed E-state index contributed by atoms with van der Waals surface area (Å²) in [7, 11) is 5.62. The van der Waals surface area contributed by atoms with Crippen molar-refractivity contribution in [2.45, 2.75) is 24.9 Å². The average Bonchev–Trinajstić information content (AvgIpc) is 2.47. The summed E-state index contributed by atoms with van der Waals surface area (Å²) in [5, 5.41) is 3.04. The van der Waals surface area contributed by atoms with Crippen molar-refractivity contribution < 1.29 is 9.53 Å². The zero-order valence-corrected chi connectivity index (χ0v) is 13.2. The molecule has 3 N–H and O–H groups in total. The number of amides is 1. The van der Waals surface area contributed by atoms with Crippen LogP contribution in [0.5, 0.6) is 0 Å². The van der Waals surface area contributed by atoms with E-state index in [1.165, 1.54) is 0 Å². The van der Waals surface area contributed by atoms with Crippen LogP contribution in [0.3, 0.4) is 0 Å². The summed E-state index contributed by atoms with van der Waals surface area (Å²) < 4.78 is 4.98. The summed E-state index contributed by atoms with van der Waals surface area (Å²) in [6, 6.07) is 9.41. The van der Waals surface area contributed by atoms with Gasteiger partial charge in [-0.25, -0.2) is 0 Å². The maximum atomic E-state index is 12.2. The third-order valence-corrected chi connectivity index (χ3v) is 3.27. The van der Waals surface area contributed by atoms with E-state index < -0.39 is 6.04 Å². The molecule has 118 valence electrons. The third kappa shape index (κ3) is 6.71. The Balaban J connectivity index is 2.62. The second kappa shape index (κ2) is 9.50. The number of likely N-dealkylation sites (N-methyl/N-ethyl adjacent to an activating group) is 1. The summed E-state index contributed by atoms with van der Waals surface area (Å²) >= 11 is 0. The highest BCUT2D eigenvalue weighted by Gasteiger charge is 2.19. The SMILES string of the molecule is COCCCC(N)C(=O)NC(CN(C)C)c1ccccc1. The van der Waals surface area contributed by atoms with Crippen LogP contribution in [-0.2, 0) is 9.53 Å². The van der Waals surface area contributed by atoms with Gasteiger partial charge in [0, 0.05) is 20.3 Å². The molecule has 0 aliphatic rings. The Bertz CT molecular complexity index is 409. The molecule has 0 radical (unpaired) electrons. The summed E-state index contributed by atoms with van der Waals surface area (Å²) in [5.41, 5.74) is 7.02. The van der Waals surface area contributed by atoms with Gasteiger partial charge in [0.05, 0.1) is 12.1 Å². The lowest BCUT2D eigenvalue weighted by atomic mass is 10.1. The van der Waals surface area contributed by atoms with Crippen LogP contribution in [0.15, 0.2) is 30.3 Å². The molecule has 1 aromatic rings. The van der Waals surface area contributed by atoms with Gasteiger partial charge in [0.15, 0.2) is 0 Å². The number of nitrogens with one attached hydrogen (secondary N) is 1. The Morgan fingerprint density at radius 3 is 2.57 bits per heavy atom. The number of rotatable bonds is 9. The number of nitrogens with zero attached hydrogens (tertiary/aromatic N) is 1. The molecule has 0 spiro atoms. The van der Waals surface area contributed by atoms with Crippen molar-refractivity contribution in [3.05, 3.63) is 35.9 Å². The van der Waals surface area contributed by atoms with E-state index in [1.807, 2.05) is 49.3 Å². The highest BCUT2D eigenvalue weighted by Crippen LogP contribution is 2.13. The summed E-state index contributed by atoms with van der Waals surface area (Å²) in [5.74, 6) is -0.109. The standard InChI is InChI=1S/C16H27N3O2/c1-19(2)12-15(13-8-5-4-6-9-13)18-16(20)14(17)10-7-11-21-3/h4-6,8-9,14-15H,7,10-12,17H2,1-3H3,(H,18,20). The molecule has 2 unspecified atom stereocenters. The van der Waals surface area contributed by atoms with E-state index in [0.717, 1.165) is 18.5 Å². The van der Waals surface area contributed by atoms with Crippen LogP contribution in [0.4, 0.5) is 0 Å². The Kier molecular flexibility index (Phi) is 7.97. The molecule has 0 saturated carbocycles. The molecule has 2 atom stereocenters. The molecule has 1 amide bonds. The first kappa shape index (κ1) is 17.6. The van der Waals surface area contributed by atoms with Gasteiger partial charge < -0.3 is 20.7 Å². The minimum atomic E-state index is -0.492. The average molecular weight is 293 g/mol. The van der Waals surface area contributed by atoms with Crippen LogP contribution in [0.1, 0.15) is 24.4 Å². The second-order valence-corrected chi connectivity index (χ2v) is 5.48. The number of carbonyl (C=O) groups excluding carboxylic acids is 1. The zero-order valence-electron chi connectivity index (χ0n) is 13.2. The second-order valence-electron chi connectivity index (χ2n) is 5.48. The van der Waals surface area contributed by atoms with Crippen molar-refractivity contribution in [1.29, 1.82) is 0 Å². The fourth-order valence-corrected chi connectivity index (χ4v) is 2.14. The lowest BCUT2D eigenvalue weighted by Crippen LogP contribution is -2.44. The lowest BCUT2D eigenvalue weighted by Gasteiger charge is -2.24. The van der Waals surface area contributed by atoms with Gasteiger partial charge in [-0.1, -0.05) is 30.3 Å². The third-order valence-electron chi connectivity index (χ3n) is 3.27. The highest BCUT2D eigenvalue weighted by molar-refractivity contribution is 5.81. The Labute approximate surface area is 127 Å². The van der Waals surface area contributed by atoms with Gasteiger partial charge in [-0.05, 0) is 32.5 Å². The van der Waals surface area contributed by atoms with Gasteiger partial charge in [-0.15, -0.1) is 0 Å². The Morgan fingerprint density at radius 2 is 2.00 bits per heavy atom. The molecule has 21 heavy (non-hydrogen) atoms. The maximum absolute atomic E-state index is 12.2. The molecule has 1 rings (SSSR count). The van der Waals surface area contributed by atoms with E-state index >= 15 is 0 Å². The van der Waals surface area contributed by atoms with Gasteiger partial charge in [0.25, 0.3) is 0 Å². The van der Waals surface area contributed by atoms with Gasteiger partial charge in [0.2, 0.25) is 5.91 Å². The monoisotopic (exact) mass is 293 g/mol. The normalized spacial score (nSPS) is 14.0. The fraction of sp³-hybridized carbons (Fsp3) is 0.562. The first-order chi connectivity index (χ1) is 10.0. The van der Waals surface area contributed by atoms with Gasteiger partial charge in [-0.3, -0.25) is 4.79 Å². The van der Waals surface area contributed by atoms with E-state index in [4.69, 9.17) is 10.5 Å². The highest BCUT2D eigenvalue weighted by atomic mass is 16.5. The van der Waals surface area contributed by atoms with Crippen LogP contribution >= 0.6 is 0 Å². The zero-order chi connectivity index (χ0) is 15.7. The molecular weight excluding hydrogens is 266 g/mol. The van der Waals surface area contributed by atoms with Crippen molar-refractivity contribution in [2.75, 3.05) is 34.4 Å². The minimum Gasteiger partial charge on any atom is -0.385 e. The molecule has 0 aliphatic carbocycles. The topological polar surface area (TPSA) is 67.6 Å². The largest absolute Gasteiger partial charge is 0.385 e. The van der Waals surface area contributed by atoms with E-state index in [9.17, 15) is 4.79 Å². The van der Waals surface area contributed by atoms with Gasteiger partial charge in [-0.2, -0.15) is 0 Å². The van der Waals surface area contributed by atoms with E-state index in [0.29, 0.717) is 13.0 Å². The molecule has 5 heteroatoms. The summed E-state index contributed by atoms with van der Waals surface area (Å²) in [4.78, 5) is 14.3. The predicted octanol–water partition coefficient (Wildman–Crippen LogP) is 1.16. The van der Waals surface area contributed by atoms with Crippen LogP contribution < -0.4 is 11.1 Å². The van der Waals surface area contributed by atoms with E-state index in [1.54, 1.807) is 7.11 Å². The minimum absolute atomic E-state index is 0.0535. The number of benzene rings is 1. The van der Waals surface area contributed by atoms with Crippen molar-refractivity contribution >= 4 is 5.91 Å². The number of hydrogen-bond donors (Lipinski definition) is 2. The number of nitrogens with two attached hydrogens (primary N) is 1. The predicted molar refractivity (Wildman–Crippen MR) is 85.0 cm³/mol. The molecule has 0 aliphatic heterocycles.